The van der Waals surface area contributed by atoms with Crippen LogP contribution in [0.3, 0.4) is 0 Å². The first-order valence-electron chi connectivity index (χ1n) is 10.8. The summed E-state index contributed by atoms with van der Waals surface area (Å²) in [5.41, 5.74) is 1.34. The summed E-state index contributed by atoms with van der Waals surface area (Å²) < 4.78 is 23.6. The highest BCUT2D eigenvalue weighted by Crippen LogP contribution is 2.28. The minimum atomic E-state index is -0.258. The highest BCUT2D eigenvalue weighted by atomic mass is 16.5. The van der Waals surface area contributed by atoms with Crippen LogP contribution in [-0.2, 0) is 4.79 Å². The minimum absolute atomic E-state index is 0.108. The standard InChI is InChI=1S/C24H25N5O5/c1-3-32-17-7-6-8-18(15-17)34-16-22(30)25-13-14-33-23-12-11-21-26-27-24(29(21)28-23)19-9-4-5-10-20(19)31-2/h4-12,15H,3,13-14,16H2,1-2H3,(H,25,30). The number of nitrogens with zero attached hydrogens (tertiary/aromatic N) is 4. The highest BCUT2D eigenvalue weighted by molar-refractivity contribution is 5.77. The molecule has 0 aliphatic heterocycles. The van der Waals surface area contributed by atoms with Gasteiger partial charge in [0.05, 0.1) is 25.8 Å². The summed E-state index contributed by atoms with van der Waals surface area (Å²) in [7, 11) is 1.60. The van der Waals surface area contributed by atoms with Crippen molar-refractivity contribution in [3.63, 3.8) is 0 Å². The molecule has 176 valence electrons. The molecule has 2 aromatic carbocycles. The molecule has 1 amide bonds. The molecule has 2 aromatic heterocycles. The zero-order valence-electron chi connectivity index (χ0n) is 18.9. The van der Waals surface area contributed by atoms with Gasteiger partial charge >= 0.3 is 0 Å². The predicted octanol–water partition coefficient (Wildman–Crippen LogP) is 2.77. The van der Waals surface area contributed by atoms with Crippen molar-refractivity contribution in [2.24, 2.45) is 0 Å². The van der Waals surface area contributed by atoms with Crippen LogP contribution < -0.4 is 24.3 Å². The summed E-state index contributed by atoms with van der Waals surface area (Å²) in [5, 5.41) is 15.6. The van der Waals surface area contributed by atoms with Crippen molar-refractivity contribution in [2.75, 3.05) is 33.5 Å². The number of aromatic nitrogens is 4. The van der Waals surface area contributed by atoms with E-state index < -0.39 is 0 Å². The van der Waals surface area contributed by atoms with Crippen LogP contribution in [0.1, 0.15) is 6.92 Å². The van der Waals surface area contributed by atoms with Crippen molar-refractivity contribution in [3.8, 4) is 34.5 Å². The minimum Gasteiger partial charge on any atom is -0.496 e. The first-order valence-corrected chi connectivity index (χ1v) is 10.8. The lowest BCUT2D eigenvalue weighted by Gasteiger charge is -2.10. The average Bonchev–Trinajstić information content (AvgIpc) is 3.29. The van der Waals surface area contributed by atoms with Crippen LogP contribution in [0, 0.1) is 0 Å². The Labute approximate surface area is 196 Å². The predicted molar refractivity (Wildman–Crippen MR) is 124 cm³/mol. The maximum atomic E-state index is 12.1. The molecule has 0 fully saturated rings. The summed E-state index contributed by atoms with van der Waals surface area (Å²) in [6.07, 6.45) is 0. The lowest BCUT2D eigenvalue weighted by atomic mass is 10.2. The summed E-state index contributed by atoms with van der Waals surface area (Å²) in [4.78, 5) is 12.1. The van der Waals surface area contributed by atoms with Crippen LogP contribution in [0.25, 0.3) is 17.0 Å². The molecule has 0 saturated carbocycles. The Kier molecular flexibility index (Phi) is 7.39. The number of hydrogen-bond donors (Lipinski definition) is 1. The molecule has 0 atom stereocenters. The van der Waals surface area contributed by atoms with Crippen molar-refractivity contribution in [2.45, 2.75) is 6.92 Å². The van der Waals surface area contributed by atoms with Gasteiger partial charge in [0.15, 0.2) is 18.1 Å². The average molecular weight is 463 g/mol. The zero-order chi connectivity index (χ0) is 23.8. The molecule has 0 saturated heterocycles. The Morgan fingerprint density at radius 3 is 2.62 bits per heavy atom. The van der Waals surface area contributed by atoms with E-state index in [1.54, 1.807) is 35.9 Å². The smallest absolute Gasteiger partial charge is 0.258 e. The number of hydrogen-bond acceptors (Lipinski definition) is 8. The van der Waals surface area contributed by atoms with Gasteiger partial charge < -0.3 is 24.3 Å². The zero-order valence-corrected chi connectivity index (χ0v) is 18.9. The number of fused-ring (bicyclic) bond motifs is 1. The van der Waals surface area contributed by atoms with Crippen molar-refractivity contribution in [1.29, 1.82) is 0 Å². The number of carbonyl (C=O) groups is 1. The van der Waals surface area contributed by atoms with Crippen LogP contribution in [-0.4, -0.2) is 59.2 Å². The number of rotatable bonds is 11. The van der Waals surface area contributed by atoms with Gasteiger partial charge in [0.2, 0.25) is 5.88 Å². The molecule has 10 heteroatoms. The van der Waals surface area contributed by atoms with E-state index in [4.69, 9.17) is 18.9 Å². The molecule has 2 heterocycles. The van der Waals surface area contributed by atoms with Gasteiger partial charge in [-0.2, -0.15) is 4.52 Å². The highest BCUT2D eigenvalue weighted by Gasteiger charge is 2.14. The molecule has 0 unspecified atom stereocenters. The number of methoxy groups -OCH3 is 1. The SMILES string of the molecule is CCOc1cccc(OCC(=O)NCCOc2ccc3nnc(-c4ccccc4OC)n3n2)c1. The Balaban J connectivity index is 1.29. The molecule has 0 aliphatic rings. The Morgan fingerprint density at radius 2 is 1.79 bits per heavy atom. The quantitative estimate of drug-likeness (QED) is 0.338. The van der Waals surface area contributed by atoms with Crippen molar-refractivity contribution in [1.82, 2.24) is 25.1 Å². The van der Waals surface area contributed by atoms with Crippen LogP contribution in [0.4, 0.5) is 0 Å². The number of para-hydroxylation sites is 1. The first-order chi connectivity index (χ1) is 16.7. The van der Waals surface area contributed by atoms with E-state index in [-0.39, 0.29) is 19.1 Å². The fraction of sp³-hybridized carbons (Fsp3) is 0.250. The molecule has 0 radical (unpaired) electrons. The van der Waals surface area contributed by atoms with E-state index in [9.17, 15) is 4.79 Å². The van der Waals surface area contributed by atoms with E-state index in [1.165, 1.54) is 0 Å². The second kappa shape index (κ2) is 11.0. The summed E-state index contributed by atoms with van der Waals surface area (Å²) in [6.45, 7) is 2.88. The third-order valence-corrected chi connectivity index (χ3v) is 4.75. The molecule has 10 nitrogen and oxygen atoms in total. The third kappa shape index (κ3) is 5.52. The molecule has 0 aliphatic carbocycles. The maximum Gasteiger partial charge on any atom is 0.258 e. The lowest BCUT2D eigenvalue weighted by Crippen LogP contribution is -2.32. The van der Waals surface area contributed by atoms with Crippen LogP contribution in [0.2, 0.25) is 0 Å². The number of carbonyl (C=O) groups excluding carboxylic acids is 1. The number of nitrogens with one attached hydrogen (secondary N) is 1. The summed E-state index contributed by atoms with van der Waals surface area (Å²) in [5.74, 6) is 2.58. The Morgan fingerprint density at radius 1 is 0.971 bits per heavy atom. The number of amides is 1. The van der Waals surface area contributed by atoms with E-state index in [2.05, 4.69) is 20.6 Å². The van der Waals surface area contributed by atoms with Crippen molar-refractivity contribution in [3.05, 3.63) is 60.7 Å². The van der Waals surface area contributed by atoms with E-state index in [0.717, 1.165) is 5.56 Å². The number of ether oxygens (including phenoxy) is 4. The molecule has 0 bridgehead atoms. The van der Waals surface area contributed by atoms with E-state index in [0.29, 0.717) is 47.8 Å². The Bertz CT molecular complexity index is 1260. The fourth-order valence-corrected chi connectivity index (χ4v) is 3.21. The fourth-order valence-electron chi connectivity index (χ4n) is 3.21. The van der Waals surface area contributed by atoms with E-state index >= 15 is 0 Å². The second-order valence-corrected chi connectivity index (χ2v) is 7.06. The first kappa shape index (κ1) is 22.8. The monoisotopic (exact) mass is 463 g/mol. The van der Waals surface area contributed by atoms with Crippen molar-refractivity contribution < 1.29 is 23.7 Å². The summed E-state index contributed by atoms with van der Waals surface area (Å²) >= 11 is 0. The van der Waals surface area contributed by atoms with Gasteiger partial charge in [-0.15, -0.1) is 15.3 Å². The van der Waals surface area contributed by atoms with Crippen LogP contribution in [0.5, 0.6) is 23.1 Å². The van der Waals surface area contributed by atoms with Gasteiger partial charge in [-0.3, -0.25) is 4.79 Å². The normalized spacial score (nSPS) is 10.6. The van der Waals surface area contributed by atoms with Crippen molar-refractivity contribution >= 4 is 11.6 Å². The molecule has 4 aromatic rings. The van der Waals surface area contributed by atoms with Gasteiger partial charge in [-0.1, -0.05) is 18.2 Å². The third-order valence-electron chi connectivity index (χ3n) is 4.75. The second-order valence-electron chi connectivity index (χ2n) is 7.06. The lowest BCUT2D eigenvalue weighted by molar-refractivity contribution is -0.123. The van der Waals surface area contributed by atoms with Crippen LogP contribution in [0.15, 0.2) is 60.7 Å². The van der Waals surface area contributed by atoms with Gasteiger partial charge in [0.1, 0.15) is 23.9 Å². The summed E-state index contributed by atoms with van der Waals surface area (Å²) in [6, 6.07) is 18.1. The van der Waals surface area contributed by atoms with E-state index in [1.807, 2.05) is 43.3 Å². The van der Waals surface area contributed by atoms with Gasteiger partial charge in [-0.05, 0) is 37.3 Å². The number of benzene rings is 2. The molecule has 4 rings (SSSR count). The molecular formula is C24H25N5O5. The van der Waals surface area contributed by atoms with Gasteiger partial charge in [0, 0.05) is 12.1 Å². The van der Waals surface area contributed by atoms with Crippen LogP contribution >= 0.6 is 0 Å². The molecule has 34 heavy (non-hydrogen) atoms. The molecule has 1 N–H and O–H groups in total. The largest absolute Gasteiger partial charge is 0.496 e. The van der Waals surface area contributed by atoms with Gasteiger partial charge in [0.25, 0.3) is 5.91 Å². The Hall–Kier alpha value is -4.34. The molecule has 0 spiro atoms. The molecular weight excluding hydrogens is 438 g/mol. The maximum absolute atomic E-state index is 12.1. The topological polar surface area (TPSA) is 109 Å². The van der Waals surface area contributed by atoms with Gasteiger partial charge in [-0.25, -0.2) is 0 Å².